The summed E-state index contributed by atoms with van der Waals surface area (Å²) >= 11 is 0. The van der Waals surface area contributed by atoms with Gasteiger partial charge in [-0.15, -0.1) is 0 Å². The average molecular weight is 332 g/mol. The van der Waals surface area contributed by atoms with Gasteiger partial charge < -0.3 is 4.98 Å². The van der Waals surface area contributed by atoms with Crippen molar-refractivity contribution >= 4 is 10.9 Å². The normalized spacial score (nSPS) is 17.8. The Morgan fingerprint density at radius 1 is 1.04 bits per heavy atom. The van der Waals surface area contributed by atoms with Crippen molar-refractivity contribution < 1.29 is 0 Å². The van der Waals surface area contributed by atoms with Gasteiger partial charge in [0.25, 0.3) is 0 Å². The largest absolute Gasteiger partial charge is 0.361 e. The van der Waals surface area contributed by atoms with Crippen LogP contribution in [-0.4, -0.2) is 23.5 Å². The van der Waals surface area contributed by atoms with Gasteiger partial charge in [-0.3, -0.25) is 4.90 Å². The van der Waals surface area contributed by atoms with Gasteiger partial charge >= 0.3 is 0 Å². The summed E-state index contributed by atoms with van der Waals surface area (Å²) in [4.78, 5) is 5.98. The molecule has 1 N–H and O–H groups in total. The first-order valence-electron chi connectivity index (χ1n) is 9.61. The molecule has 25 heavy (non-hydrogen) atoms. The lowest BCUT2D eigenvalue weighted by Crippen LogP contribution is -2.33. The summed E-state index contributed by atoms with van der Waals surface area (Å²) in [7, 11) is 2.28. The topological polar surface area (TPSA) is 19.0 Å². The van der Waals surface area contributed by atoms with E-state index >= 15 is 0 Å². The predicted octanol–water partition coefficient (Wildman–Crippen LogP) is 5.06. The van der Waals surface area contributed by atoms with E-state index < -0.39 is 0 Å². The third-order valence-corrected chi connectivity index (χ3v) is 5.94. The van der Waals surface area contributed by atoms with Gasteiger partial charge in [0.2, 0.25) is 0 Å². The molecule has 0 saturated heterocycles. The summed E-state index contributed by atoms with van der Waals surface area (Å²) in [5.41, 5.74) is 8.85. The fourth-order valence-corrected chi connectivity index (χ4v) is 4.41. The van der Waals surface area contributed by atoms with E-state index in [1.807, 2.05) is 0 Å². The number of likely N-dealkylation sites (N-methyl/N-ethyl adjacent to an activating group) is 1. The van der Waals surface area contributed by atoms with E-state index in [9.17, 15) is 0 Å². The van der Waals surface area contributed by atoms with Crippen molar-refractivity contribution in [3.8, 4) is 0 Å². The molecule has 4 rings (SSSR count). The summed E-state index contributed by atoms with van der Waals surface area (Å²) < 4.78 is 0. The Kier molecular flexibility index (Phi) is 4.39. The second-order valence-corrected chi connectivity index (χ2v) is 7.34. The van der Waals surface area contributed by atoms with Crippen molar-refractivity contribution in [2.24, 2.45) is 0 Å². The zero-order chi connectivity index (χ0) is 17.4. The van der Waals surface area contributed by atoms with Crippen LogP contribution in [0.1, 0.15) is 47.7 Å². The molecule has 2 nitrogen and oxygen atoms in total. The third-order valence-electron chi connectivity index (χ3n) is 5.94. The minimum absolute atomic E-state index is 0.471. The SMILES string of the molecule is CCc1cc2c(cc1CC)C(Cc1c[nH]c3ccccc13)N(C)CC2. The van der Waals surface area contributed by atoms with E-state index in [-0.39, 0.29) is 0 Å². The molecule has 130 valence electrons. The van der Waals surface area contributed by atoms with Crippen molar-refractivity contribution in [1.82, 2.24) is 9.88 Å². The van der Waals surface area contributed by atoms with Crippen LogP contribution in [0.15, 0.2) is 42.6 Å². The maximum atomic E-state index is 3.44. The van der Waals surface area contributed by atoms with Crippen molar-refractivity contribution in [3.05, 3.63) is 70.4 Å². The molecule has 0 bridgehead atoms. The summed E-state index contributed by atoms with van der Waals surface area (Å²) in [6.07, 6.45) is 6.71. The van der Waals surface area contributed by atoms with Gasteiger partial charge in [-0.25, -0.2) is 0 Å². The van der Waals surface area contributed by atoms with E-state index in [0.29, 0.717) is 6.04 Å². The Morgan fingerprint density at radius 2 is 1.80 bits per heavy atom. The van der Waals surface area contributed by atoms with Crippen LogP contribution in [0.2, 0.25) is 0 Å². The molecule has 1 atom stereocenters. The highest BCUT2D eigenvalue weighted by Gasteiger charge is 2.26. The van der Waals surface area contributed by atoms with Crippen LogP contribution in [0.4, 0.5) is 0 Å². The number of benzene rings is 2. The van der Waals surface area contributed by atoms with Crippen LogP contribution in [0.5, 0.6) is 0 Å². The van der Waals surface area contributed by atoms with E-state index in [4.69, 9.17) is 0 Å². The average Bonchev–Trinajstić information content (AvgIpc) is 3.06. The maximum Gasteiger partial charge on any atom is 0.0456 e. The Hall–Kier alpha value is -2.06. The quantitative estimate of drug-likeness (QED) is 0.707. The molecule has 2 heterocycles. The number of hydrogen-bond acceptors (Lipinski definition) is 1. The van der Waals surface area contributed by atoms with Crippen molar-refractivity contribution in [3.63, 3.8) is 0 Å². The van der Waals surface area contributed by atoms with Gasteiger partial charge in [0, 0.05) is 29.7 Å². The number of rotatable bonds is 4. The lowest BCUT2D eigenvalue weighted by molar-refractivity contribution is 0.229. The first-order valence-corrected chi connectivity index (χ1v) is 9.61. The summed E-state index contributed by atoms with van der Waals surface area (Å²) in [5, 5.41) is 1.36. The number of para-hydroxylation sites is 1. The van der Waals surface area contributed by atoms with Gasteiger partial charge in [0.05, 0.1) is 0 Å². The van der Waals surface area contributed by atoms with Gasteiger partial charge in [0.1, 0.15) is 0 Å². The van der Waals surface area contributed by atoms with Crippen LogP contribution >= 0.6 is 0 Å². The number of aryl methyl sites for hydroxylation is 2. The van der Waals surface area contributed by atoms with Crippen LogP contribution in [0, 0.1) is 0 Å². The van der Waals surface area contributed by atoms with Crippen LogP contribution in [0.3, 0.4) is 0 Å². The van der Waals surface area contributed by atoms with Gasteiger partial charge in [-0.2, -0.15) is 0 Å². The first kappa shape index (κ1) is 16.4. The molecule has 0 aliphatic carbocycles. The van der Waals surface area contributed by atoms with Crippen LogP contribution < -0.4 is 0 Å². The molecule has 1 aromatic heterocycles. The highest BCUT2D eigenvalue weighted by atomic mass is 15.1. The van der Waals surface area contributed by atoms with Gasteiger partial charge in [-0.05, 0) is 66.6 Å². The molecule has 0 fully saturated rings. The van der Waals surface area contributed by atoms with E-state index in [0.717, 1.165) is 25.8 Å². The molecule has 0 amide bonds. The third kappa shape index (κ3) is 2.89. The number of H-pyrrole nitrogens is 1. The summed E-state index contributed by atoms with van der Waals surface area (Å²) in [6, 6.07) is 14.1. The number of aromatic amines is 1. The zero-order valence-corrected chi connectivity index (χ0v) is 15.6. The van der Waals surface area contributed by atoms with E-state index in [1.165, 1.54) is 34.0 Å². The summed E-state index contributed by atoms with van der Waals surface area (Å²) in [5.74, 6) is 0. The first-order chi connectivity index (χ1) is 12.2. The van der Waals surface area contributed by atoms with Gasteiger partial charge in [-0.1, -0.05) is 44.2 Å². The molecular formula is C23H28N2. The molecule has 3 aromatic rings. The second kappa shape index (κ2) is 6.68. The highest BCUT2D eigenvalue weighted by Crippen LogP contribution is 2.35. The summed E-state index contributed by atoms with van der Waals surface area (Å²) in [6.45, 7) is 5.70. The van der Waals surface area contributed by atoms with Crippen LogP contribution in [-0.2, 0) is 25.7 Å². The van der Waals surface area contributed by atoms with Crippen LogP contribution in [0.25, 0.3) is 10.9 Å². The molecule has 0 radical (unpaired) electrons. The molecule has 1 aliphatic heterocycles. The lowest BCUT2D eigenvalue weighted by atomic mass is 9.85. The fraction of sp³-hybridized carbons (Fsp3) is 0.391. The standard InChI is InChI=1S/C23H28N2/c1-4-16-12-18-10-11-25(3)23(21(18)13-17(16)5-2)14-19-15-24-22-9-7-6-8-20(19)22/h6-9,12-13,15,23-24H,4-5,10-11,14H2,1-3H3. The molecule has 0 spiro atoms. The number of hydrogen-bond donors (Lipinski definition) is 1. The Labute approximate surface area is 150 Å². The predicted molar refractivity (Wildman–Crippen MR) is 106 cm³/mol. The molecule has 0 saturated carbocycles. The molecule has 2 heteroatoms. The van der Waals surface area contributed by atoms with Crippen molar-refractivity contribution in [1.29, 1.82) is 0 Å². The molecular weight excluding hydrogens is 304 g/mol. The zero-order valence-electron chi connectivity index (χ0n) is 15.6. The minimum Gasteiger partial charge on any atom is -0.361 e. The number of nitrogens with zero attached hydrogens (tertiary/aromatic N) is 1. The Bertz CT molecular complexity index is 890. The Morgan fingerprint density at radius 3 is 2.60 bits per heavy atom. The smallest absolute Gasteiger partial charge is 0.0456 e. The highest BCUT2D eigenvalue weighted by molar-refractivity contribution is 5.83. The minimum atomic E-state index is 0.471. The van der Waals surface area contributed by atoms with E-state index in [1.54, 1.807) is 11.1 Å². The lowest BCUT2D eigenvalue weighted by Gasteiger charge is -2.35. The Balaban J connectivity index is 1.75. The number of nitrogens with one attached hydrogen (secondary N) is 1. The van der Waals surface area contributed by atoms with E-state index in [2.05, 4.69) is 73.4 Å². The van der Waals surface area contributed by atoms with Gasteiger partial charge in [0.15, 0.2) is 0 Å². The fourth-order valence-electron chi connectivity index (χ4n) is 4.41. The monoisotopic (exact) mass is 332 g/mol. The second-order valence-electron chi connectivity index (χ2n) is 7.34. The number of aromatic nitrogens is 1. The number of fused-ring (bicyclic) bond motifs is 2. The molecule has 1 aliphatic rings. The van der Waals surface area contributed by atoms with Crippen molar-refractivity contribution in [2.45, 2.75) is 45.6 Å². The van der Waals surface area contributed by atoms with Crippen molar-refractivity contribution in [2.75, 3.05) is 13.6 Å². The molecule has 2 aromatic carbocycles. The molecule has 1 unspecified atom stereocenters. The maximum absolute atomic E-state index is 3.44.